The molecule has 6 nitrogen and oxygen atoms in total. The molecule has 0 aromatic heterocycles. The summed E-state index contributed by atoms with van der Waals surface area (Å²) in [5.74, 6) is 0.644. The Morgan fingerprint density at radius 3 is 2.67 bits per heavy atom. The average molecular weight is 385 g/mol. The summed E-state index contributed by atoms with van der Waals surface area (Å²) in [7, 11) is -3.84. The number of benzene rings is 2. The molecule has 0 bridgehead atoms. The molecule has 0 amide bonds. The van der Waals surface area contributed by atoms with E-state index in [-0.39, 0.29) is 10.6 Å². The van der Waals surface area contributed by atoms with Crippen LogP contribution >= 0.6 is 23.4 Å². The van der Waals surface area contributed by atoms with Crippen LogP contribution in [0, 0.1) is 10.1 Å². The van der Waals surface area contributed by atoms with Crippen LogP contribution in [0.15, 0.2) is 53.4 Å². The van der Waals surface area contributed by atoms with E-state index in [1.165, 1.54) is 34.3 Å². The predicted molar refractivity (Wildman–Crippen MR) is 93.6 cm³/mol. The van der Waals surface area contributed by atoms with Gasteiger partial charge in [-0.25, -0.2) is 8.42 Å². The molecule has 0 N–H and O–H groups in total. The minimum Gasteiger partial charge on any atom is -0.258 e. The average Bonchev–Trinajstić information content (AvgIpc) is 3.05. The Balaban J connectivity index is 1.99. The number of thioether (sulfide) groups is 1. The molecule has 2 aromatic rings. The van der Waals surface area contributed by atoms with Crippen molar-refractivity contribution in [2.45, 2.75) is 10.3 Å². The van der Waals surface area contributed by atoms with Crippen molar-refractivity contribution < 1.29 is 13.3 Å². The molecule has 0 saturated carbocycles. The van der Waals surface area contributed by atoms with Crippen LogP contribution in [0.1, 0.15) is 10.9 Å². The van der Waals surface area contributed by atoms with Gasteiger partial charge in [-0.15, -0.1) is 11.8 Å². The first kappa shape index (κ1) is 17.2. The zero-order valence-corrected chi connectivity index (χ0v) is 14.7. The molecule has 1 fully saturated rings. The summed E-state index contributed by atoms with van der Waals surface area (Å²) in [4.78, 5) is 10.2. The molecule has 1 atom stereocenters. The van der Waals surface area contributed by atoms with Gasteiger partial charge in [-0.3, -0.25) is 10.1 Å². The Kier molecular flexibility index (Phi) is 4.82. The molecule has 0 radical (unpaired) electrons. The molecular formula is C15H13ClN2O4S2. The smallest absolute Gasteiger partial charge is 0.258 e. The molecule has 0 unspecified atom stereocenters. The highest BCUT2D eigenvalue weighted by Crippen LogP contribution is 2.42. The summed E-state index contributed by atoms with van der Waals surface area (Å²) in [5, 5.41) is 11.0. The molecule has 0 spiro atoms. The van der Waals surface area contributed by atoms with Gasteiger partial charge in [0.15, 0.2) is 0 Å². The highest BCUT2D eigenvalue weighted by Gasteiger charge is 2.37. The van der Waals surface area contributed by atoms with Crippen LogP contribution in [0.3, 0.4) is 0 Å². The lowest BCUT2D eigenvalue weighted by atomic mass is 10.2. The number of rotatable bonds is 4. The summed E-state index contributed by atoms with van der Waals surface area (Å²) in [6.07, 6.45) is 0. The van der Waals surface area contributed by atoms with Crippen LogP contribution in [0.4, 0.5) is 5.69 Å². The van der Waals surface area contributed by atoms with E-state index in [0.29, 0.717) is 17.3 Å². The number of non-ortho nitro benzene ring substituents is 1. The first-order chi connectivity index (χ1) is 11.4. The van der Waals surface area contributed by atoms with Crippen LogP contribution in [0.25, 0.3) is 0 Å². The van der Waals surface area contributed by atoms with Gasteiger partial charge in [0.1, 0.15) is 0 Å². The maximum atomic E-state index is 12.9. The lowest BCUT2D eigenvalue weighted by Gasteiger charge is -2.23. The van der Waals surface area contributed by atoms with E-state index in [1.807, 2.05) is 6.07 Å². The number of hydrogen-bond donors (Lipinski definition) is 0. The highest BCUT2D eigenvalue weighted by molar-refractivity contribution is 8.01. The third-order valence-corrected chi connectivity index (χ3v) is 7.11. The lowest BCUT2D eigenvalue weighted by molar-refractivity contribution is -0.385. The van der Waals surface area contributed by atoms with Crippen molar-refractivity contribution in [3.8, 4) is 0 Å². The zero-order valence-electron chi connectivity index (χ0n) is 12.3. The van der Waals surface area contributed by atoms with Gasteiger partial charge in [-0.2, -0.15) is 4.31 Å². The van der Waals surface area contributed by atoms with Crippen molar-refractivity contribution in [1.82, 2.24) is 4.31 Å². The lowest BCUT2D eigenvalue weighted by Crippen LogP contribution is -2.30. The van der Waals surface area contributed by atoms with Gasteiger partial charge in [0.2, 0.25) is 10.0 Å². The van der Waals surface area contributed by atoms with E-state index in [9.17, 15) is 18.5 Å². The summed E-state index contributed by atoms with van der Waals surface area (Å²) >= 11 is 7.50. The topological polar surface area (TPSA) is 80.5 Å². The molecule has 1 aliphatic heterocycles. The van der Waals surface area contributed by atoms with E-state index in [4.69, 9.17) is 11.6 Å². The van der Waals surface area contributed by atoms with Crippen molar-refractivity contribution in [2.24, 2.45) is 0 Å². The second-order valence-electron chi connectivity index (χ2n) is 5.15. The molecule has 1 saturated heterocycles. The molecule has 126 valence electrons. The number of halogens is 1. The van der Waals surface area contributed by atoms with Crippen LogP contribution in [0.2, 0.25) is 5.02 Å². The summed E-state index contributed by atoms with van der Waals surface area (Å²) in [6, 6.07) is 12.2. The predicted octanol–water partition coefficient (Wildman–Crippen LogP) is 3.68. The Morgan fingerprint density at radius 2 is 1.96 bits per heavy atom. The summed E-state index contributed by atoms with van der Waals surface area (Å²) in [6.45, 7) is 0.340. The van der Waals surface area contributed by atoms with Gasteiger partial charge in [0.05, 0.1) is 15.2 Å². The van der Waals surface area contributed by atoms with Gasteiger partial charge < -0.3 is 0 Å². The molecule has 1 heterocycles. The first-order valence-corrected chi connectivity index (χ1v) is 9.89. The molecule has 0 aliphatic carbocycles. The Morgan fingerprint density at radius 1 is 1.21 bits per heavy atom. The van der Waals surface area contributed by atoms with Gasteiger partial charge in [0, 0.05) is 29.5 Å². The van der Waals surface area contributed by atoms with E-state index in [2.05, 4.69) is 0 Å². The number of nitrogens with zero attached hydrogens (tertiary/aromatic N) is 2. The maximum absolute atomic E-state index is 12.9. The summed E-state index contributed by atoms with van der Waals surface area (Å²) < 4.78 is 27.2. The van der Waals surface area contributed by atoms with Gasteiger partial charge in [-0.1, -0.05) is 29.8 Å². The fourth-order valence-corrected chi connectivity index (χ4v) is 5.99. The van der Waals surface area contributed by atoms with E-state index >= 15 is 0 Å². The monoisotopic (exact) mass is 384 g/mol. The van der Waals surface area contributed by atoms with Gasteiger partial charge in [0.25, 0.3) is 5.69 Å². The number of hydrogen-bond acceptors (Lipinski definition) is 5. The minimum absolute atomic E-state index is 0.0776. The first-order valence-electron chi connectivity index (χ1n) is 7.03. The Bertz CT molecular complexity index is 889. The van der Waals surface area contributed by atoms with Crippen LogP contribution in [0.5, 0.6) is 0 Å². The quantitative estimate of drug-likeness (QED) is 0.593. The number of sulfonamides is 1. The van der Waals surface area contributed by atoms with Gasteiger partial charge >= 0.3 is 0 Å². The van der Waals surface area contributed by atoms with Gasteiger partial charge in [-0.05, 0) is 23.8 Å². The van der Waals surface area contributed by atoms with E-state index in [0.717, 1.165) is 11.6 Å². The third kappa shape index (κ3) is 3.27. The fraction of sp³-hybridized carbons (Fsp3) is 0.200. The van der Waals surface area contributed by atoms with E-state index in [1.54, 1.807) is 18.2 Å². The zero-order chi connectivity index (χ0) is 17.3. The Hall–Kier alpha value is -1.61. The third-order valence-electron chi connectivity index (χ3n) is 3.62. The minimum atomic E-state index is -3.84. The molecule has 3 rings (SSSR count). The SMILES string of the molecule is O=[N+]([O-])c1cccc(S(=O)(=O)N2CCS[C@@H]2c2cccc(Cl)c2)c1. The largest absolute Gasteiger partial charge is 0.270 e. The number of nitro groups is 1. The summed E-state index contributed by atoms with van der Waals surface area (Å²) in [5.41, 5.74) is 0.543. The molecule has 24 heavy (non-hydrogen) atoms. The van der Waals surface area contributed by atoms with Crippen molar-refractivity contribution in [3.05, 3.63) is 69.2 Å². The van der Waals surface area contributed by atoms with Crippen molar-refractivity contribution in [2.75, 3.05) is 12.3 Å². The van der Waals surface area contributed by atoms with Crippen LogP contribution in [-0.4, -0.2) is 29.9 Å². The number of nitro benzene ring substituents is 1. The van der Waals surface area contributed by atoms with E-state index < -0.39 is 20.3 Å². The normalized spacial score (nSPS) is 18.6. The molecular weight excluding hydrogens is 372 g/mol. The second-order valence-corrected chi connectivity index (χ2v) is 8.66. The fourth-order valence-electron chi connectivity index (χ4n) is 2.52. The second kappa shape index (κ2) is 6.72. The van der Waals surface area contributed by atoms with Crippen molar-refractivity contribution >= 4 is 39.1 Å². The Labute approximate surface area is 148 Å². The van der Waals surface area contributed by atoms with Crippen LogP contribution in [-0.2, 0) is 10.0 Å². The molecule has 9 heteroatoms. The van der Waals surface area contributed by atoms with Crippen LogP contribution < -0.4 is 0 Å². The maximum Gasteiger partial charge on any atom is 0.270 e. The standard InChI is InChI=1S/C15H13ClN2O4S2/c16-12-4-1-3-11(9-12)15-17(7-8-23-15)24(21,22)14-6-2-5-13(10-14)18(19)20/h1-6,9-10,15H,7-8H2/t15-/m1/s1. The van der Waals surface area contributed by atoms with Crippen molar-refractivity contribution in [1.29, 1.82) is 0 Å². The van der Waals surface area contributed by atoms with Crippen molar-refractivity contribution in [3.63, 3.8) is 0 Å². The molecule has 2 aromatic carbocycles. The molecule has 1 aliphatic rings. The highest BCUT2D eigenvalue weighted by atomic mass is 35.5.